The number of halogens is 2. The van der Waals surface area contributed by atoms with E-state index in [-0.39, 0.29) is 41.6 Å². The van der Waals surface area contributed by atoms with Gasteiger partial charge in [-0.15, -0.1) is 0 Å². The van der Waals surface area contributed by atoms with Crippen LogP contribution in [0.15, 0.2) is 30.6 Å². The lowest BCUT2D eigenvalue weighted by Gasteiger charge is -2.18. The van der Waals surface area contributed by atoms with E-state index in [1.54, 1.807) is 25.1 Å². The highest BCUT2D eigenvalue weighted by molar-refractivity contribution is 7.51. The van der Waals surface area contributed by atoms with Crippen LogP contribution >= 0.6 is 19.2 Å². The molecule has 2 aromatic heterocycles. The van der Waals surface area contributed by atoms with Gasteiger partial charge in [-0.2, -0.15) is 9.97 Å². The first-order valence-corrected chi connectivity index (χ1v) is 12.7. The van der Waals surface area contributed by atoms with Gasteiger partial charge in [0.25, 0.3) is 0 Å². The molecule has 34 heavy (non-hydrogen) atoms. The van der Waals surface area contributed by atoms with Gasteiger partial charge >= 0.3 is 7.60 Å². The summed E-state index contributed by atoms with van der Waals surface area (Å²) >= 11 is 6.12. The Hall–Kier alpha value is -2.18. The normalized spacial score (nSPS) is 24.0. The molecule has 5 N–H and O–H groups in total. The number of nitrogens with one attached hydrogen (secondary N) is 1. The van der Waals surface area contributed by atoms with Gasteiger partial charge in [-0.25, -0.2) is 9.37 Å². The van der Waals surface area contributed by atoms with Crippen LogP contribution in [-0.4, -0.2) is 64.0 Å². The lowest BCUT2D eigenvalue weighted by atomic mass is 10.1. The number of ether oxygens (including phenoxy) is 1. The van der Waals surface area contributed by atoms with E-state index in [0.29, 0.717) is 11.1 Å². The standard InChI is InChI=1S/C20H24ClFN5O6P/c1-10(11-5-2-3-6-12(11)22)24-17-14-18(26-20(21)25-17)27(9-23-14)19-16(29)15(28)13(33-19)7-4-8-34(30,31)32/h2-3,5-6,9-10,13,15-16,19,28-29H,4,7-8H2,1H3,(H,24,25,26)(H2,30,31,32)/t10-,13+,15?,16-,19+/m0/s1. The van der Waals surface area contributed by atoms with Crippen LogP contribution in [0.3, 0.4) is 0 Å². The van der Waals surface area contributed by atoms with E-state index in [1.807, 2.05) is 0 Å². The van der Waals surface area contributed by atoms with Crippen LogP contribution in [0.5, 0.6) is 0 Å². The number of anilines is 1. The summed E-state index contributed by atoms with van der Waals surface area (Å²) in [4.78, 5) is 30.7. The van der Waals surface area contributed by atoms with Crippen molar-refractivity contribution < 1.29 is 33.7 Å². The molecule has 0 aliphatic carbocycles. The molecule has 0 bridgehead atoms. The lowest BCUT2D eigenvalue weighted by molar-refractivity contribution is -0.0370. The molecule has 11 nitrogen and oxygen atoms in total. The Morgan fingerprint density at radius 1 is 1.26 bits per heavy atom. The summed E-state index contributed by atoms with van der Waals surface area (Å²) < 4.78 is 32.5. The van der Waals surface area contributed by atoms with E-state index in [9.17, 15) is 19.2 Å². The number of rotatable bonds is 8. The van der Waals surface area contributed by atoms with Crippen molar-refractivity contribution >= 4 is 36.2 Å². The van der Waals surface area contributed by atoms with Gasteiger partial charge in [0.2, 0.25) is 5.28 Å². The van der Waals surface area contributed by atoms with Gasteiger partial charge < -0.3 is 30.1 Å². The average Bonchev–Trinajstić information content (AvgIpc) is 3.29. The van der Waals surface area contributed by atoms with E-state index in [4.69, 9.17) is 26.1 Å². The Labute approximate surface area is 198 Å². The van der Waals surface area contributed by atoms with Gasteiger partial charge in [0.15, 0.2) is 23.2 Å². The highest BCUT2D eigenvalue weighted by Gasteiger charge is 2.44. The van der Waals surface area contributed by atoms with Crippen LogP contribution in [0.1, 0.15) is 37.6 Å². The maximum atomic E-state index is 14.2. The molecule has 0 radical (unpaired) electrons. The maximum Gasteiger partial charge on any atom is 0.325 e. The van der Waals surface area contributed by atoms with Crippen molar-refractivity contribution in [3.63, 3.8) is 0 Å². The van der Waals surface area contributed by atoms with E-state index < -0.39 is 38.2 Å². The second kappa shape index (κ2) is 9.82. The summed E-state index contributed by atoms with van der Waals surface area (Å²) in [7, 11) is -4.18. The van der Waals surface area contributed by atoms with Crippen LogP contribution in [0.4, 0.5) is 10.2 Å². The van der Waals surface area contributed by atoms with Gasteiger partial charge in [0, 0.05) is 11.7 Å². The minimum Gasteiger partial charge on any atom is -0.388 e. The highest BCUT2D eigenvalue weighted by atomic mass is 35.5. The molecule has 1 aromatic carbocycles. The SMILES string of the molecule is C[C@H](Nc1nc(Cl)nc2c1ncn2[C@@H]1O[C@H](CCCP(=O)(O)O)C(O)[C@@H]1O)c1ccccc1F. The zero-order chi connectivity index (χ0) is 24.6. The van der Waals surface area contributed by atoms with Crippen LogP contribution < -0.4 is 5.32 Å². The Bertz CT molecular complexity index is 1230. The fourth-order valence-electron chi connectivity index (χ4n) is 3.98. The van der Waals surface area contributed by atoms with Crippen molar-refractivity contribution in [1.29, 1.82) is 0 Å². The van der Waals surface area contributed by atoms with E-state index in [0.717, 1.165) is 0 Å². The van der Waals surface area contributed by atoms with Crippen molar-refractivity contribution in [1.82, 2.24) is 19.5 Å². The lowest BCUT2D eigenvalue weighted by Crippen LogP contribution is -2.31. The minimum atomic E-state index is -4.18. The number of imidazole rings is 1. The largest absolute Gasteiger partial charge is 0.388 e. The number of aliphatic hydroxyl groups excluding tert-OH is 2. The predicted octanol–water partition coefficient (Wildman–Crippen LogP) is 2.37. The third kappa shape index (κ3) is 5.23. The zero-order valence-corrected chi connectivity index (χ0v) is 19.6. The topological polar surface area (TPSA) is 163 Å². The molecule has 1 saturated heterocycles. The van der Waals surface area contributed by atoms with Gasteiger partial charge in [0.05, 0.1) is 18.5 Å². The summed E-state index contributed by atoms with van der Waals surface area (Å²) in [6.07, 6.45) is -3.31. The van der Waals surface area contributed by atoms with Crippen LogP contribution in [0, 0.1) is 5.82 Å². The maximum absolute atomic E-state index is 14.2. The third-order valence-corrected chi connectivity index (χ3v) is 6.74. The summed E-state index contributed by atoms with van der Waals surface area (Å²) in [5.74, 6) is -0.138. The average molecular weight is 516 g/mol. The quantitative estimate of drug-likeness (QED) is 0.222. The number of hydrogen-bond acceptors (Lipinski definition) is 8. The van der Waals surface area contributed by atoms with Crippen LogP contribution in [-0.2, 0) is 9.30 Å². The number of aliphatic hydroxyl groups is 2. The molecule has 1 aliphatic heterocycles. The fraction of sp³-hybridized carbons (Fsp3) is 0.450. The molecule has 0 amide bonds. The Balaban J connectivity index is 1.58. The molecule has 5 atom stereocenters. The highest BCUT2D eigenvalue weighted by Crippen LogP contribution is 2.38. The van der Waals surface area contributed by atoms with Crippen molar-refractivity contribution in [2.45, 2.75) is 50.3 Å². The molecule has 14 heteroatoms. The van der Waals surface area contributed by atoms with Crippen molar-refractivity contribution in [3.05, 3.63) is 47.3 Å². The molecule has 1 aliphatic rings. The molecule has 0 saturated carbocycles. The second-order valence-electron chi connectivity index (χ2n) is 8.13. The first-order chi connectivity index (χ1) is 16.0. The number of benzene rings is 1. The zero-order valence-electron chi connectivity index (χ0n) is 18.0. The molecule has 3 aromatic rings. The third-order valence-electron chi connectivity index (χ3n) is 5.67. The second-order valence-corrected chi connectivity index (χ2v) is 10.2. The van der Waals surface area contributed by atoms with Crippen molar-refractivity contribution in [2.24, 2.45) is 0 Å². The van der Waals surface area contributed by atoms with Crippen molar-refractivity contribution in [2.75, 3.05) is 11.5 Å². The molecule has 3 heterocycles. The number of fused-ring (bicyclic) bond motifs is 1. The van der Waals surface area contributed by atoms with Crippen LogP contribution in [0.25, 0.3) is 11.2 Å². The van der Waals surface area contributed by atoms with E-state index in [1.165, 1.54) is 17.0 Å². The number of nitrogens with zero attached hydrogens (tertiary/aromatic N) is 4. The van der Waals surface area contributed by atoms with Gasteiger partial charge in [-0.1, -0.05) is 18.2 Å². The summed E-state index contributed by atoms with van der Waals surface area (Å²) in [6, 6.07) is 5.82. The Kier molecular flexibility index (Phi) is 7.20. The molecule has 1 fully saturated rings. The molecule has 1 unspecified atom stereocenters. The number of aromatic nitrogens is 4. The molecular formula is C20H24ClFN5O6P. The van der Waals surface area contributed by atoms with Gasteiger partial charge in [0.1, 0.15) is 18.0 Å². The molecule has 4 rings (SSSR count). The minimum absolute atomic E-state index is 0.103. The summed E-state index contributed by atoms with van der Waals surface area (Å²) in [5, 5.41) is 23.9. The monoisotopic (exact) mass is 515 g/mol. The van der Waals surface area contributed by atoms with E-state index in [2.05, 4.69) is 20.3 Å². The number of hydrogen-bond donors (Lipinski definition) is 5. The molecule has 0 spiro atoms. The summed E-state index contributed by atoms with van der Waals surface area (Å²) in [5.41, 5.74) is 0.929. The van der Waals surface area contributed by atoms with Crippen LogP contribution in [0.2, 0.25) is 5.28 Å². The predicted molar refractivity (Wildman–Crippen MR) is 121 cm³/mol. The first-order valence-electron chi connectivity index (χ1n) is 10.5. The molecule has 184 valence electrons. The Morgan fingerprint density at radius 3 is 2.71 bits per heavy atom. The fourth-order valence-corrected chi connectivity index (χ4v) is 4.74. The smallest absolute Gasteiger partial charge is 0.325 e. The van der Waals surface area contributed by atoms with Gasteiger partial charge in [-0.05, 0) is 37.4 Å². The summed E-state index contributed by atoms with van der Waals surface area (Å²) in [6.45, 7) is 1.75. The van der Waals surface area contributed by atoms with Gasteiger partial charge in [-0.3, -0.25) is 9.13 Å². The first kappa shape index (κ1) is 24.9. The Morgan fingerprint density at radius 2 is 2.00 bits per heavy atom. The van der Waals surface area contributed by atoms with E-state index >= 15 is 0 Å². The van der Waals surface area contributed by atoms with Crippen molar-refractivity contribution in [3.8, 4) is 0 Å². The molecular weight excluding hydrogens is 492 g/mol.